The first-order valence-corrected chi connectivity index (χ1v) is 5.21. The van der Waals surface area contributed by atoms with E-state index in [1.165, 1.54) is 0 Å². The SMILES string of the molecule is [B]c1cccc2c1NC(c1ccccc1)O2. The first-order chi connectivity index (χ1) is 7.84. The largest absolute Gasteiger partial charge is 0.464 e. The average molecular weight is 207 g/mol. The number of hydrogen-bond acceptors (Lipinski definition) is 2. The normalized spacial score (nSPS) is 17.4. The smallest absolute Gasteiger partial charge is 0.196 e. The molecule has 0 saturated heterocycles. The number of benzene rings is 2. The molecule has 2 nitrogen and oxygen atoms in total. The average Bonchev–Trinajstić information content (AvgIpc) is 2.76. The Bertz CT molecular complexity index is 513. The number of hydrogen-bond donors (Lipinski definition) is 1. The Morgan fingerprint density at radius 2 is 1.81 bits per heavy atom. The van der Waals surface area contributed by atoms with Gasteiger partial charge in [0.05, 0.1) is 5.69 Å². The zero-order chi connectivity index (χ0) is 11.0. The van der Waals surface area contributed by atoms with Crippen LogP contribution in [-0.4, -0.2) is 7.85 Å². The molecule has 76 valence electrons. The van der Waals surface area contributed by atoms with Gasteiger partial charge in [-0.3, -0.25) is 0 Å². The number of anilines is 1. The minimum atomic E-state index is -0.138. The minimum absolute atomic E-state index is 0.138. The predicted molar refractivity (Wildman–Crippen MR) is 65.3 cm³/mol. The van der Waals surface area contributed by atoms with Gasteiger partial charge in [-0.1, -0.05) is 47.9 Å². The fourth-order valence-electron chi connectivity index (χ4n) is 1.87. The van der Waals surface area contributed by atoms with Gasteiger partial charge in [-0.05, 0) is 6.07 Å². The van der Waals surface area contributed by atoms with Gasteiger partial charge in [0.2, 0.25) is 0 Å². The van der Waals surface area contributed by atoms with Crippen LogP contribution in [0.1, 0.15) is 11.8 Å². The highest BCUT2D eigenvalue weighted by Gasteiger charge is 2.23. The lowest BCUT2D eigenvalue weighted by Gasteiger charge is -2.11. The lowest BCUT2D eigenvalue weighted by Crippen LogP contribution is -2.13. The van der Waals surface area contributed by atoms with Gasteiger partial charge in [0.1, 0.15) is 13.6 Å². The van der Waals surface area contributed by atoms with Crippen LogP contribution in [0.5, 0.6) is 5.75 Å². The van der Waals surface area contributed by atoms with E-state index in [1.54, 1.807) is 0 Å². The maximum atomic E-state index is 5.87. The quantitative estimate of drug-likeness (QED) is 0.722. The molecule has 0 aromatic heterocycles. The Morgan fingerprint density at radius 1 is 1.00 bits per heavy atom. The molecule has 1 heterocycles. The first kappa shape index (κ1) is 9.34. The molecule has 16 heavy (non-hydrogen) atoms. The lowest BCUT2D eigenvalue weighted by molar-refractivity contribution is 0.260. The number of nitrogens with one attached hydrogen (secondary N) is 1. The van der Waals surface area contributed by atoms with E-state index in [2.05, 4.69) is 5.32 Å². The fourth-order valence-corrected chi connectivity index (χ4v) is 1.87. The van der Waals surface area contributed by atoms with Gasteiger partial charge in [0.25, 0.3) is 0 Å². The van der Waals surface area contributed by atoms with Crippen LogP contribution in [0, 0.1) is 0 Å². The summed E-state index contributed by atoms with van der Waals surface area (Å²) in [7, 11) is 5.87. The second-order valence-corrected chi connectivity index (χ2v) is 3.77. The van der Waals surface area contributed by atoms with E-state index in [1.807, 2.05) is 48.5 Å². The number of ether oxygens (including phenoxy) is 1. The Balaban J connectivity index is 1.94. The zero-order valence-corrected chi connectivity index (χ0v) is 8.68. The number of fused-ring (bicyclic) bond motifs is 1. The Labute approximate surface area is 95.7 Å². The monoisotopic (exact) mass is 207 g/mol. The summed E-state index contributed by atoms with van der Waals surface area (Å²) in [5, 5.41) is 3.27. The molecule has 1 unspecified atom stereocenters. The van der Waals surface area contributed by atoms with E-state index < -0.39 is 0 Å². The van der Waals surface area contributed by atoms with Gasteiger partial charge in [0, 0.05) is 5.56 Å². The van der Waals surface area contributed by atoms with Crippen molar-refractivity contribution in [2.45, 2.75) is 6.23 Å². The van der Waals surface area contributed by atoms with Gasteiger partial charge in [-0.2, -0.15) is 0 Å². The van der Waals surface area contributed by atoms with Crippen LogP contribution in [0.4, 0.5) is 5.69 Å². The molecule has 1 atom stereocenters. The van der Waals surface area contributed by atoms with Crippen molar-refractivity contribution in [2.24, 2.45) is 0 Å². The third kappa shape index (κ3) is 1.45. The van der Waals surface area contributed by atoms with E-state index in [0.29, 0.717) is 0 Å². The van der Waals surface area contributed by atoms with Gasteiger partial charge in [0.15, 0.2) is 6.23 Å². The summed E-state index contributed by atoms with van der Waals surface area (Å²) in [6, 6.07) is 15.7. The number of rotatable bonds is 1. The molecular weight excluding hydrogens is 197 g/mol. The summed E-state index contributed by atoms with van der Waals surface area (Å²) in [5.41, 5.74) is 2.70. The van der Waals surface area contributed by atoms with Crippen LogP contribution in [0.25, 0.3) is 0 Å². The van der Waals surface area contributed by atoms with Crippen LogP contribution < -0.4 is 15.5 Å². The van der Waals surface area contributed by atoms with Gasteiger partial charge < -0.3 is 10.1 Å². The Kier molecular flexibility index (Phi) is 2.10. The molecule has 1 N–H and O–H groups in total. The highest BCUT2D eigenvalue weighted by atomic mass is 16.5. The second-order valence-electron chi connectivity index (χ2n) is 3.77. The Hall–Kier alpha value is -1.90. The third-order valence-corrected chi connectivity index (χ3v) is 2.68. The fraction of sp³-hybridized carbons (Fsp3) is 0.0769. The first-order valence-electron chi connectivity index (χ1n) is 5.21. The highest BCUT2D eigenvalue weighted by Crippen LogP contribution is 2.35. The summed E-state index contributed by atoms with van der Waals surface area (Å²) < 4.78 is 5.78. The van der Waals surface area contributed by atoms with E-state index in [-0.39, 0.29) is 6.23 Å². The molecule has 3 rings (SSSR count). The molecule has 0 fully saturated rings. The van der Waals surface area contributed by atoms with Crippen molar-refractivity contribution in [3.8, 4) is 5.75 Å². The van der Waals surface area contributed by atoms with Crippen LogP contribution >= 0.6 is 0 Å². The van der Waals surface area contributed by atoms with Crippen molar-refractivity contribution in [3.05, 3.63) is 54.1 Å². The van der Waals surface area contributed by atoms with E-state index in [9.17, 15) is 0 Å². The summed E-state index contributed by atoms with van der Waals surface area (Å²) in [6.45, 7) is 0. The lowest BCUT2D eigenvalue weighted by atomic mass is 9.94. The van der Waals surface area contributed by atoms with Crippen molar-refractivity contribution in [1.29, 1.82) is 0 Å². The van der Waals surface area contributed by atoms with Gasteiger partial charge >= 0.3 is 0 Å². The number of para-hydroxylation sites is 1. The molecule has 2 aromatic rings. The zero-order valence-electron chi connectivity index (χ0n) is 8.68. The molecule has 0 spiro atoms. The van der Waals surface area contributed by atoms with Crippen molar-refractivity contribution in [2.75, 3.05) is 5.32 Å². The van der Waals surface area contributed by atoms with Crippen molar-refractivity contribution >= 4 is 19.0 Å². The molecule has 2 aromatic carbocycles. The van der Waals surface area contributed by atoms with E-state index in [0.717, 1.165) is 22.5 Å². The molecule has 0 saturated carbocycles. The topological polar surface area (TPSA) is 21.3 Å². The molecule has 0 amide bonds. The van der Waals surface area contributed by atoms with E-state index >= 15 is 0 Å². The van der Waals surface area contributed by atoms with Crippen LogP contribution in [0.2, 0.25) is 0 Å². The maximum Gasteiger partial charge on any atom is 0.196 e. The molecule has 0 bridgehead atoms. The molecule has 3 heteroatoms. The summed E-state index contributed by atoms with van der Waals surface area (Å²) in [5.74, 6) is 0.814. The van der Waals surface area contributed by atoms with Crippen molar-refractivity contribution in [1.82, 2.24) is 0 Å². The van der Waals surface area contributed by atoms with Crippen LogP contribution in [0.15, 0.2) is 48.5 Å². The third-order valence-electron chi connectivity index (χ3n) is 2.68. The molecule has 2 radical (unpaired) electrons. The van der Waals surface area contributed by atoms with Gasteiger partial charge in [-0.15, -0.1) is 0 Å². The predicted octanol–water partition coefficient (Wildman–Crippen LogP) is 1.98. The maximum absolute atomic E-state index is 5.87. The minimum Gasteiger partial charge on any atom is -0.464 e. The second kappa shape index (κ2) is 3.60. The van der Waals surface area contributed by atoms with E-state index in [4.69, 9.17) is 12.6 Å². The summed E-state index contributed by atoms with van der Waals surface area (Å²) in [6.07, 6.45) is -0.138. The molecular formula is C13H10BNO. The van der Waals surface area contributed by atoms with Gasteiger partial charge in [-0.25, -0.2) is 0 Å². The highest BCUT2D eigenvalue weighted by molar-refractivity contribution is 6.36. The summed E-state index contributed by atoms with van der Waals surface area (Å²) in [4.78, 5) is 0. The van der Waals surface area contributed by atoms with Crippen molar-refractivity contribution < 1.29 is 4.74 Å². The molecule has 1 aliphatic rings. The van der Waals surface area contributed by atoms with Crippen LogP contribution in [0.3, 0.4) is 0 Å². The molecule has 1 aliphatic heterocycles. The Morgan fingerprint density at radius 3 is 2.56 bits per heavy atom. The van der Waals surface area contributed by atoms with Crippen LogP contribution in [-0.2, 0) is 0 Å². The van der Waals surface area contributed by atoms with Crippen molar-refractivity contribution in [3.63, 3.8) is 0 Å². The standard InChI is InChI=1S/C13H10BNO/c14-10-7-4-8-11-12(10)15-13(16-11)9-5-2-1-3-6-9/h1-8,13,15H. The summed E-state index contributed by atoms with van der Waals surface area (Å²) >= 11 is 0. The molecule has 0 aliphatic carbocycles.